The van der Waals surface area contributed by atoms with Gasteiger partial charge in [0.15, 0.2) is 11.6 Å². The minimum Gasteiger partial charge on any atom is -0.294 e. The van der Waals surface area contributed by atoms with E-state index in [9.17, 15) is 9.59 Å². The van der Waals surface area contributed by atoms with E-state index in [-0.39, 0.29) is 24.6 Å². The molecule has 3 aromatic rings. The average molecular weight is 490 g/mol. The Morgan fingerprint density at radius 3 is 2.25 bits per heavy atom. The summed E-state index contributed by atoms with van der Waals surface area (Å²) in [5.41, 5.74) is 0.115. The van der Waals surface area contributed by atoms with Crippen molar-refractivity contribution in [2.75, 3.05) is 29.6 Å². The van der Waals surface area contributed by atoms with Crippen LogP contribution in [-0.2, 0) is 16.6 Å². The molecule has 36 heavy (non-hydrogen) atoms. The molecular weight excluding hydrogens is 464 g/mol. The Hall–Kier alpha value is -4.03. The van der Waals surface area contributed by atoms with E-state index in [1.165, 1.54) is 0 Å². The zero-order chi connectivity index (χ0) is 25.6. The summed E-state index contributed by atoms with van der Waals surface area (Å²) in [7, 11) is 1.76. The molecule has 2 fully saturated rings. The van der Waals surface area contributed by atoms with Crippen molar-refractivity contribution in [2.45, 2.75) is 25.8 Å². The molecule has 2 aromatic carbocycles. The number of rotatable bonds is 2. The SMILES string of the molecule is Cc1cc(N2CCN3CN(c4c(F)cc(C#Cc5ccccc5)cc4F)C(=O)CC3(C)C2=O)n(C)n1. The van der Waals surface area contributed by atoms with Crippen LogP contribution in [0.15, 0.2) is 48.5 Å². The Bertz CT molecular complexity index is 1400. The van der Waals surface area contributed by atoms with Crippen LogP contribution < -0.4 is 9.80 Å². The normalized spacial score (nSPS) is 20.2. The summed E-state index contributed by atoms with van der Waals surface area (Å²) >= 11 is 0. The van der Waals surface area contributed by atoms with Crippen molar-refractivity contribution in [3.8, 4) is 11.8 Å². The van der Waals surface area contributed by atoms with Crippen molar-refractivity contribution in [3.05, 3.63) is 77.0 Å². The topological polar surface area (TPSA) is 61.7 Å². The zero-order valence-corrected chi connectivity index (χ0v) is 20.3. The molecule has 1 unspecified atom stereocenters. The number of carbonyl (C=O) groups is 2. The Morgan fingerprint density at radius 1 is 0.944 bits per heavy atom. The van der Waals surface area contributed by atoms with Crippen LogP contribution in [0.1, 0.15) is 30.2 Å². The molecule has 0 spiro atoms. The molecule has 2 saturated heterocycles. The highest BCUT2D eigenvalue weighted by atomic mass is 19.1. The van der Waals surface area contributed by atoms with Gasteiger partial charge in [0, 0.05) is 37.3 Å². The fourth-order valence-electron chi connectivity index (χ4n) is 4.87. The summed E-state index contributed by atoms with van der Waals surface area (Å²) in [6.45, 7) is 4.25. The quantitative estimate of drug-likeness (QED) is 0.519. The molecule has 0 N–H and O–H groups in total. The summed E-state index contributed by atoms with van der Waals surface area (Å²) in [5, 5.41) is 4.31. The number of nitrogens with zero attached hydrogens (tertiary/aromatic N) is 5. The van der Waals surface area contributed by atoms with Crippen LogP contribution in [0.5, 0.6) is 0 Å². The lowest BCUT2D eigenvalue weighted by Crippen LogP contribution is -2.71. The molecule has 3 heterocycles. The minimum atomic E-state index is -1.13. The first kappa shape index (κ1) is 23.7. The van der Waals surface area contributed by atoms with E-state index in [1.54, 1.807) is 40.6 Å². The van der Waals surface area contributed by atoms with Crippen molar-refractivity contribution < 1.29 is 18.4 Å². The van der Waals surface area contributed by atoms with Gasteiger partial charge in [0.2, 0.25) is 11.8 Å². The monoisotopic (exact) mass is 489 g/mol. The maximum atomic E-state index is 15.1. The predicted molar refractivity (Wildman–Crippen MR) is 131 cm³/mol. The van der Waals surface area contributed by atoms with E-state index in [1.807, 2.05) is 31.2 Å². The van der Waals surface area contributed by atoms with Gasteiger partial charge in [0.25, 0.3) is 0 Å². The number of aromatic nitrogens is 2. The Balaban J connectivity index is 1.40. The molecule has 2 aliphatic rings. The van der Waals surface area contributed by atoms with Gasteiger partial charge in [-0.2, -0.15) is 5.10 Å². The van der Waals surface area contributed by atoms with E-state index in [4.69, 9.17) is 0 Å². The van der Waals surface area contributed by atoms with Gasteiger partial charge in [-0.05, 0) is 38.1 Å². The molecular formula is C27H25F2N5O2. The molecule has 0 aliphatic carbocycles. The number of aryl methyl sites for hydroxylation is 2. The second kappa shape index (κ2) is 8.88. The van der Waals surface area contributed by atoms with Gasteiger partial charge in [-0.15, -0.1) is 0 Å². The third-order valence-corrected chi connectivity index (χ3v) is 6.77. The number of anilines is 2. The molecule has 5 rings (SSSR count). The Labute approximate surface area is 207 Å². The lowest BCUT2D eigenvalue weighted by Gasteiger charge is -2.52. The van der Waals surface area contributed by atoms with Gasteiger partial charge in [-0.3, -0.25) is 29.0 Å². The molecule has 2 amide bonds. The fourth-order valence-corrected chi connectivity index (χ4v) is 4.87. The summed E-state index contributed by atoms with van der Waals surface area (Å²) in [4.78, 5) is 31.2. The summed E-state index contributed by atoms with van der Waals surface area (Å²) < 4.78 is 31.9. The Morgan fingerprint density at radius 2 is 1.61 bits per heavy atom. The first-order chi connectivity index (χ1) is 17.2. The largest absolute Gasteiger partial charge is 0.294 e. The highest BCUT2D eigenvalue weighted by Crippen LogP contribution is 2.37. The van der Waals surface area contributed by atoms with Crippen LogP contribution in [-0.4, -0.2) is 51.8 Å². The van der Waals surface area contributed by atoms with Crippen molar-refractivity contribution in [2.24, 2.45) is 7.05 Å². The molecule has 0 bridgehead atoms. The first-order valence-electron chi connectivity index (χ1n) is 11.6. The van der Waals surface area contributed by atoms with Crippen LogP contribution in [0.4, 0.5) is 20.3 Å². The number of halogens is 2. The van der Waals surface area contributed by atoms with E-state index in [0.717, 1.165) is 28.3 Å². The lowest BCUT2D eigenvalue weighted by atomic mass is 9.88. The highest BCUT2D eigenvalue weighted by Gasteiger charge is 2.52. The second-order valence-corrected chi connectivity index (χ2v) is 9.31. The third-order valence-electron chi connectivity index (χ3n) is 6.77. The van der Waals surface area contributed by atoms with Gasteiger partial charge in [-0.1, -0.05) is 30.0 Å². The minimum absolute atomic E-state index is 0.0950. The number of hydrogen-bond acceptors (Lipinski definition) is 4. The number of piperazine rings is 1. The molecule has 0 radical (unpaired) electrons. The van der Waals surface area contributed by atoms with Crippen LogP contribution in [0, 0.1) is 30.4 Å². The van der Waals surface area contributed by atoms with Gasteiger partial charge in [-0.25, -0.2) is 8.78 Å². The van der Waals surface area contributed by atoms with Crippen LogP contribution in [0.2, 0.25) is 0 Å². The number of hydrogen-bond donors (Lipinski definition) is 0. The number of amides is 2. The van der Waals surface area contributed by atoms with E-state index in [2.05, 4.69) is 16.9 Å². The first-order valence-corrected chi connectivity index (χ1v) is 11.6. The molecule has 9 heteroatoms. The standard InChI is InChI=1S/C27H25F2N5O2/c1-18-13-23(31(3)30-18)33-12-11-32-17-34(24(35)16-27(32,2)26(33)36)25-21(28)14-20(15-22(25)29)10-9-19-7-5-4-6-8-19/h4-8,13-15H,11-12,16-17H2,1-3H3. The van der Waals surface area contributed by atoms with Crippen molar-refractivity contribution >= 4 is 23.3 Å². The Kier molecular flexibility index (Phi) is 5.85. The van der Waals surface area contributed by atoms with Crippen LogP contribution in [0.3, 0.4) is 0 Å². The van der Waals surface area contributed by atoms with E-state index < -0.39 is 28.8 Å². The van der Waals surface area contributed by atoms with E-state index in [0.29, 0.717) is 18.9 Å². The van der Waals surface area contributed by atoms with Gasteiger partial charge >= 0.3 is 0 Å². The van der Waals surface area contributed by atoms with Crippen LogP contribution in [0.25, 0.3) is 0 Å². The number of benzene rings is 2. The molecule has 1 atom stereocenters. The smallest absolute Gasteiger partial charge is 0.249 e. The van der Waals surface area contributed by atoms with Crippen molar-refractivity contribution in [1.82, 2.24) is 14.7 Å². The molecule has 0 saturated carbocycles. The molecule has 7 nitrogen and oxygen atoms in total. The number of fused-ring (bicyclic) bond motifs is 1. The second-order valence-electron chi connectivity index (χ2n) is 9.31. The van der Waals surface area contributed by atoms with Crippen LogP contribution >= 0.6 is 0 Å². The summed E-state index contributed by atoms with van der Waals surface area (Å²) in [6, 6.07) is 13.2. The van der Waals surface area contributed by atoms with Gasteiger partial charge in [0.1, 0.15) is 17.0 Å². The van der Waals surface area contributed by atoms with Crippen molar-refractivity contribution in [1.29, 1.82) is 0 Å². The molecule has 1 aromatic heterocycles. The van der Waals surface area contributed by atoms with Gasteiger partial charge < -0.3 is 0 Å². The van der Waals surface area contributed by atoms with E-state index >= 15 is 8.78 Å². The molecule has 2 aliphatic heterocycles. The maximum absolute atomic E-state index is 15.1. The average Bonchev–Trinajstić information content (AvgIpc) is 3.17. The fraction of sp³-hybridized carbons (Fsp3) is 0.296. The lowest BCUT2D eigenvalue weighted by molar-refractivity contribution is -0.142. The van der Waals surface area contributed by atoms with Gasteiger partial charge in [0.05, 0.1) is 18.8 Å². The highest BCUT2D eigenvalue weighted by molar-refractivity contribution is 6.06. The molecule has 184 valence electrons. The number of carbonyl (C=O) groups excluding carboxylic acids is 2. The maximum Gasteiger partial charge on any atom is 0.249 e. The third kappa shape index (κ3) is 4.03. The predicted octanol–water partition coefficient (Wildman–Crippen LogP) is 3.21. The summed E-state index contributed by atoms with van der Waals surface area (Å²) in [6.07, 6.45) is -0.201. The van der Waals surface area contributed by atoms with Crippen molar-refractivity contribution in [3.63, 3.8) is 0 Å². The zero-order valence-electron chi connectivity index (χ0n) is 20.3. The summed E-state index contributed by atoms with van der Waals surface area (Å²) in [5.74, 6) is 3.78.